The van der Waals surface area contributed by atoms with Gasteiger partial charge < -0.3 is 5.73 Å². The van der Waals surface area contributed by atoms with Crippen LogP contribution in [0.15, 0.2) is 12.1 Å². The van der Waals surface area contributed by atoms with E-state index in [0.29, 0.717) is 11.4 Å². The van der Waals surface area contributed by atoms with Crippen LogP contribution >= 0.6 is 12.4 Å². The number of aromatic nitrogens is 1. The lowest BCUT2D eigenvalue weighted by molar-refractivity contribution is 1.20. The van der Waals surface area contributed by atoms with E-state index in [4.69, 9.17) is 11.0 Å². The van der Waals surface area contributed by atoms with Gasteiger partial charge in [0.15, 0.2) is 0 Å². The molecular weight excluding hydrogens is 162 g/mol. The van der Waals surface area contributed by atoms with Gasteiger partial charge in [-0.05, 0) is 19.1 Å². The van der Waals surface area contributed by atoms with Crippen LogP contribution in [0.1, 0.15) is 11.3 Å². The predicted octanol–water partition coefficient (Wildman–Crippen LogP) is 1.27. The Morgan fingerprint density at radius 3 is 2.64 bits per heavy atom. The normalized spacial score (nSPS) is 8.00. The van der Waals surface area contributed by atoms with Gasteiger partial charge in [0.05, 0.1) is 5.56 Å². The smallest absolute Gasteiger partial charge is 0.141 e. The zero-order chi connectivity index (χ0) is 7.56. The SMILES string of the molecule is Cc1ccc(C#N)c(N)n1.Cl. The maximum absolute atomic E-state index is 8.44. The molecular formula is C7H8ClN3. The molecule has 1 heterocycles. The van der Waals surface area contributed by atoms with E-state index in [1.54, 1.807) is 12.1 Å². The lowest BCUT2D eigenvalue weighted by Gasteiger charge is -1.95. The molecule has 0 aromatic carbocycles. The first kappa shape index (κ1) is 9.73. The molecule has 0 saturated heterocycles. The molecule has 0 spiro atoms. The van der Waals surface area contributed by atoms with Gasteiger partial charge in [0.2, 0.25) is 0 Å². The highest BCUT2D eigenvalue weighted by molar-refractivity contribution is 5.85. The molecule has 1 rings (SSSR count). The third kappa shape index (κ3) is 2.10. The van der Waals surface area contributed by atoms with Crippen LogP contribution in [0, 0.1) is 18.3 Å². The van der Waals surface area contributed by atoms with Crippen LogP contribution in [0.4, 0.5) is 5.82 Å². The molecule has 0 radical (unpaired) electrons. The summed E-state index contributed by atoms with van der Waals surface area (Å²) in [6.07, 6.45) is 0. The minimum absolute atomic E-state index is 0. The average molecular weight is 170 g/mol. The minimum Gasteiger partial charge on any atom is -0.383 e. The maximum Gasteiger partial charge on any atom is 0.141 e. The van der Waals surface area contributed by atoms with E-state index in [-0.39, 0.29) is 12.4 Å². The van der Waals surface area contributed by atoms with Gasteiger partial charge in [-0.25, -0.2) is 4.98 Å². The second-order valence-corrected chi connectivity index (χ2v) is 2.00. The monoisotopic (exact) mass is 169 g/mol. The molecule has 58 valence electrons. The second-order valence-electron chi connectivity index (χ2n) is 2.00. The fraction of sp³-hybridized carbons (Fsp3) is 0.143. The number of halogens is 1. The van der Waals surface area contributed by atoms with Crippen molar-refractivity contribution < 1.29 is 0 Å². The van der Waals surface area contributed by atoms with Gasteiger partial charge in [-0.15, -0.1) is 12.4 Å². The highest BCUT2D eigenvalue weighted by Gasteiger charge is 1.96. The van der Waals surface area contributed by atoms with Crippen molar-refractivity contribution in [2.75, 3.05) is 5.73 Å². The van der Waals surface area contributed by atoms with Gasteiger partial charge in [0, 0.05) is 5.69 Å². The summed E-state index contributed by atoms with van der Waals surface area (Å²) in [4.78, 5) is 3.90. The van der Waals surface area contributed by atoms with Crippen molar-refractivity contribution in [3.05, 3.63) is 23.4 Å². The van der Waals surface area contributed by atoms with Gasteiger partial charge in [-0.3, -0.25) is 0 Å². The van der Waals surface area contributed by atoms with Crippen LogP contribution < -0.4 is 5.73 Å². The number of nitrogens with zero attached hydrogens (tertiary/aromatic N) is 2. The average Bonchev–Trinajstić information content (AvgIpc) is 1.88. The van der Waals surface area contributed by atoms with Crippen molar-refractivity contribution in [3.8, 4) is 6.07 Å². The van der Waals surface area contributed by atoms with Crippen molar-refractivity contribution in [2.45, 2.75) is 6.92 Å². The lowest BCUT2D eigenvalue weighted by Crippen LogP contribution is -1.95. The van der Waals surface area contributed by atoms with E-state index in [0.717, 1.165) is 5.69 Å². The molecule has 4 heteroatoms. The Labute approximate surface area is 71.3 Å². The topological polar surface area (TPSA) is 62.7 Å². The first-order valence-corrected chi connectivity index (χ1v) is 2.87. The number of rotatable bonds is 0. The van der Waals surface area contributed by atoms with Gasteiger partial charge in [0.25, 0.3) is 0 Å². The standard InChI is InChI=1S/C7H7N3.ClH/c1-5-2-3-6(4-8)7(9)10-5;/h2-3H,1H3,(H2,9,10);1H. The summed E-state index contributed by atoms with van der Waals surface area (Å²) >= 11 is 0. The molecule has 0 bridgehead atoms. The number of hydrogen-bond acceptors (Lipinski definition) is 3. The number of aryl methyl sites for hydroxylation is 1. The van der Waals surface area contributed by atoms with E-state index in [9.17, 15) is 0 Å². The van der Waals surface area contributed by atoms with Crippen LogP contribution in [0.2, 0.25) is 0 Å². The summed E-state index contributed by atoms with van der Waals surface area (Å²) in [5.74, 6) is 0.308. The highest BCUT2D eigenvalue weighted by Crippen LogP contribution is 2.06. The largest absolute Gasteiger partial charge is 0.383 e. The quantitative estimate of drug-likeness (QED) is 0.636. The summed E-state index contributed by atoms with van der Waals surface area (Å²) in [7, 11) is 0. The van der Waals surface area contributed by atoms with E-state index in [2.05, 4.69) is 4.98 Å². The number of pyridine rings is 1. The number of anilines is 1. The molecule has 0 aliphatic carbocycles. The van der Waals surface area contributed by atoms with Crippen LogP contribution in [0.25, 0.3) is 0 Å². The van der Waals surface area contributed by atoms with E-state index >= 15 is 0 Å². The Morgan fingerprint density at radius 1 is 1.55 bits per heavy atom. The van der Waals surface area contributed by atoms with Crippen molar-refractivity contribution in [1.29, 1.82) is 5.26 Å². The molecule has 0 aliphatic heterocycles. The molecule has 0 atom stereocenters. The van der Waals surface area contributed by atoms with E-state index in [1.165, 1.54) is 0 Å². The Morgan fingerprint density at radius 2 is 2.18 bits per heavy atom. The van der Waals surface area contributed by atoms with Gasteiger partial charge >= 0.3 is 0 Å². The Bertz CT molecular complexity index is 290. The summed E-state index contributed by atoms with van der Waals surface area (Å²) in [6.45, 7) is 1.83. The van der Waals surface area contributed by atoms with Crippen LogP contribution in [-0.4, -0.2) is 4.98 Å². The number of nitrogens with two attached hydrogens (primary N) is 1. The lowest BCUT2D eigenvalue weighted by atomic mass is 10.2. The van der Waals surface area contributed by atoms with Crippen molar-refractivity contribution in [3.63, 3.8) is 0 Å². The predicted molar refractivity (Wildman–Crippen MR) is 45.3 cm³/mol. The molecule has 0 amide bonds. The number of nitriles is 1. The van der Waals surface area contributed by atoms with Crippen molar-refractivity contribution >= 4 is 18.2 Å². The number of hydrogen-bond donors (Lipinski definition) is 1. The molecule has 2 N–H and O–H groups in total. The van der Waals surface area contributed by atoms with Gasteiger partial charge in [-0.1, -0.05) is 0 Å². The highest BCUT2D eigenvalue weighted by atomic mass is 35.5. The first-order chi connectivity index (χ1) is 4.74. The fourth-order valence-corrected chi connectivity index (χ4v) is 0.671. The molecule has 11 heavy (non-hydrogen) atoms. The van der Waals surface area contributed by atoms with E-state index < -0.39 is 0 Å². The van der Waals surface area contributed by atoms with Crippen LogP contribution in [0.3, 0.4) is 0 Å². The minimum atomic E-state index is 0. The Kier molecular flexibility index (Phi) is 3.35. The summed E-state index contributed by atoms with van der Waals surface area (Å²) in [5.41, 5.74) is 6.66. The zero-order valence-electron chi connectivity index (χ0n) is 6.03. The summed E-state index contributed by atoms with van der Waals surface area (Å²) < 4.78 is 0. The molecule has 1 aromatic rings. The van der Waals surface area contributed by atoms with Gasteiger partial charge in [-0.2, -0.15) is 5.26 Å². The van der Waals surface area contributed by atoms with E-state index in [1.807, 2.05) is 13.0 Å². The first-order valence-electron chi connectivity index (χ1n) is 2.87. The fourth-order valence-electron chi connectivity index (χ4n) is 0.671. The Balaban J connectivity index is 0.000001000. The third-order valence-electron chi connectivity index (χ3n) is 1.18. The van der Waals surface area contributed by atoms with Crippen molar-refractivity contribution in [2.24, 2.45) is 0 Å². The maximum atomic E-state index is 8.44. The third-order valence-corrected chi connectivity index (χ3v) is 1.18. The van der Waals surface area contributed by atoms with Crippen LogP contribution in [0.5, 0.6) is 0 Å². The molecule has 0 unspecified atom stereocenters. The van der Waals surface area contributed by atoms with Crippen molar-refractivity contribution in [1.82, 2.24) is 4.98 Å². The molecule has 0 fully saturated rings. The molecule has 1 aromatic heterocycles. The second kappa shape index (κ2) is 3.79. The summed E-state index contributed by atoms with van der Waals surface area (Å²) in [5, 5.41) is 8.44. The zero-order valence-corrected chi connectivity index (χ0v) is 6.85. The molecule has 3 nitrogen and oxygen atoms in total. The van der Waals surface area contributed by atoms with Gasteiger partial charge in [0.1, 0.15) is 11.9 Å². The molecule has 0 saturated carbocycles. The molecule has 0 aliphatic rings. The Hall–Kier alpha value is -1.27. The number of nitrogen functional groups attached to an aromatic ring is 1. The summed E-state index contributed by atoms with van der Waals surface area (Å²) in [6, 6.07) is 5.36. The van der Waals surface area contributed by atoms with Crippen LogP contribution in [-0.2, 0) is 0 Å².